The predicted molar refractivity (Wildman–Crippen MR) is 79.8 cm³/mol. The first-order valence-electron chi connectivity index (χ1n) is 7.07. The molecule has 1 aliphatic heterocycles. The number of nitrogens with zero attached hydrogens (tertiary/aromatic N) is 2. The van der Waals surface area contributed by atoms with Crippen LogP contribution in [0.4, 0.5) is 5.69 Å². The Kier molecular flexibility index (Phi) is 4.18. The lowest BCUT2D eigenvalue weighted by atomic mass is 9.98. The monoisotopic (exact) mass is 277 g/mol. The lowest BCUT2D eigenvalue weighted by Crippen LogP contribution is -2.58. The van der Waals surface area contributed by atoms with Crippen LogP contribution in [0.2, 0.25) is 0 Å². The Morgan fingerprint density at radius 3 is 2.45 bits per heavy atom. The van der Waals surface area contributed by atoms with Gasteiger partial charge in [0.15, 0.2) is 0 Å². The quantitative estimate of drug-likeness (QED) is 0.870. The van der Waals surface area contributed by atoms with E-state index >= 15 is 0 Å². The van der Waals surface area contributed by atoms with Crippen LogP contribution >= 0.6 is 0 Å². The van der Waals surface area contributed by atoms with Crippen molar-refractivity contribution in [1.29, 1.82) is 0 Å². The summed E-state index contributed by atoms with van der Waals surface area (Å²) in [6.07, 6.45) is 0.630. The molecule has 2 rings (SSSR count). The van der Waals surface area contributed by atoms with E-state index in [2.05, 4.69) is 4.90 Å². The number of carbonyl (C=O) groups is 1. The standard InChI is InChI=1S/C15H23N3O2/c1-3-15(2,16)14(20)18-10-8-17(9-11-18)12-6-4-5-7-13(12)19/h4-7,19H,3,8-11,16H2,1-2H3. The highest BCUT2D eigenvalue weighted by Gasteiger charge is 2.32. The average molecular weight is 277 g/mol. The maximum atomic E-state index is 12.3. The number of rotatable bonds is 3. The van der Waals surface area contributed by atoms with Gasteiger partial charge in [-0.15, -0.1) is 0 Å². The molecule has 1 fully saturated rings. The molecule has 0 aliphatic carbocycles. The second-order valence-electron chi connectivity index (χ2n) is 5.54. The molecule has 5 nitrogen and oxygen atoms in total. The number of anilines is 1. The Morgan fingerprint density at radius 2 is 1.90 bits per heavy atom. The van der Waals surface area contributed by atoms with Gasteiger partial charge < -0.3 is 20.6 Å². The van der Waals surface area contributed by atoms with Crippen molar-refractivity contribution < 1.29 is 9.90 Å². The first kappa shape index (κ1) is 14.7. The molecule has 1 atom stereocenters. The van der Waals surface area contributed by atoms with E-state index in [4.69, 9.17) is 5.73 Å². The average Bonchev–Trinajstić information content (AvgIpc) is 2.47. The molecule has 0 saturated carbocycles. The number of aromatic hydroxyl groups is 1. The van der Waals surface area contributed by atoms with Crippen molar-refractivity contribution in [2.24, 2.45) is 5.73 Å². The molecule has 1 aromatic rings. The molecule has 0 spiro atoms. The van der Waals surface area contributed by atoms with E-state index in [1.54, 1.807) is 19.1 Å². The van der Waals surface area contributed by atoms with Crippen molar-refractivity contribution in [3.05, 3.63) is 24.3 Å². The predicted octanol–water partition coefficient (Wildman–Crippen LogP) is 1.17. The molecule has 3 N–H and O–H groups in total. The summed E-state index contributed by atoms with van der Waals surface area (Å²) in [5, 5.41) is 9.86. The highest BCUT2D eigenvalue weighted by Crippen LogP contribution is 2.27. The van der Waals surface area contributed by atoms with Crippen LogP contribution in [0.1, 0.15) is 20.3 Å². The third kappa shape index (κ3) is 2.88. The number of hydrogen-bond acceptors (Lipinski definition) is 4. The Labute approximate surface area is 120 Å². The second-order valence-corrected chi connectivity index (χ2v) is 5.54. The smallest absolute Gasteiger partial charge is 0.242 e. The molecule has 1 heterocycles. The summed E-state index contributed by atoms with van der Waals surface area (Å²) in [5.41, 5.74) is 6.06. The van der Waals surface area contributed by atoms with Gasteiger partial charge in [0.25, 0.3) is 0 Å². The summed E-state index contributed by atoms with van der Waals surface area (Å²) in [5.74, 6) is 0.293. The third-order valence-electron chi connectivity index (χ3n) is 4.01. The van der Waals surface area contributed by atoms with Crippen LogP contribution in [0.5, 0.6) is 5.75 Å². The van der Waals surface area contributed by atoms with E-state index in [-0.39, 0.29) is 11.7 Å². The van der Waals surface area contributed by atoms with Crippen LogP contribution in [0.15, 0.2) is 24.3 Å². The number of para-hydroxylation sites is 2. The Hall–Kier alpha value is -1.75. The molecule has 0 bridgehead atoms. The SMILES string of the molecule is CCC(C)(N)C(=O)N1CCN(c2ccccc2O)CC1. The molecule has 0 radical (unpaired) electrons. The van der Waals surface area contributed by atoms with Crippen LogP contribution in [0.3, 0.4) is 0 Å². The zero-order valence-electron chi connectivity index (χ0n) is 12.2. The second kappa shape index (κ2) is 5.71. The van der Waals surface area contributed by atoms with E-state index in [9.17, 15) is 9.90 Å². The van der Waals surface area contributed by atoms with Crippen molar-refractivity contribution in [3.63, 3.8) is 0 Å². The zero-order chi connectivity index (χ0) is 14.8. The van der Waals surface area contributed by atoms with Gasteiger partial charge in [-0.3, -0.25) is 4.79 Å². The molecule has 1 amide bonds. The zero-order valence-corrected chi connectivity index (χ0v) is 12.2. The van der Waals surface area contributed by atoms with Crippen LogP contribution in [-0.2, 0) is 4.79 Å². The fourth-order valence-corrected chi connectivity index (χ4v) is 2.39. The van der Waals surface area contributed by atoms with Crippen molar-refractivity contribution in [1.82, 2.24) is 4.90 Å². The molecule has 1 saturated heterocycles. The number of phenolic OH excluding ortho intramolecular Hbond substituents is 1. The van der Waals surface area contributed by atoms with E-state index < -0.39 is 5.54 Å². The van der Waals surface area contributed by atoms with Crippen LogP contribution in [-0.4, -0.2) is 47.6 Å². The van der Waals surface area contributed by atoms with Gasteiger partial charge in [-0.2, -0.15) is 0 Å². The highest BCUT2D eigenvalue weighted by atomic mass is 16.3. The van der Waals surface area contributed by atoms with Gasteiger partial charge in [-0.25, -0.2) is 0 Å². The minimum Gasteiger partial charge on any atom is -0.506 e. The maximum Gasteiger partial charge on any atom is 0.242 e. The lowest BCUT2D eigenvalue weighted by molar-refractivity contribution is -0.136. The van der Waals surface area contributed by atoms with Crippen molar-refractivity contribution in [2.75, 3.05) is 31.1 Å². The Balaban J connectivity index is 2.00. The first-order chi connectivity index (χ1) is 9.45. The van der Waals surface area contributed by atoms with E-state index in [0.717, 1.165) is 5.69 Å². The summed E-state index contributed by atoms with van der Waals surface area (Å²) >= 11 is 0. The highest BCUT2D eigenvalue weighted by molar-refractivity contribution is 5.85. The van der Waals surface area contributed by atoms with Gasteiger partial charge in [-0.05, 0) is 25.5 Å². The number of phenols is 1. The molecular formula is C15H23N3O2. The summed E-state index contributed by atoms with van der Waals surface area (Å²) in [7, 11) is 0. The normalized spacial score (nSPS) is 18.8. The first-order valence-corrected chi connectivity index (χ1v) is 7.07. The summed E-state index contributed by atoms with van der Waals surface area (Å²) in [4.78, 5) is 16.2. The van der Waals surface area contributed by atoms with Crippen molar-refractivity contribution in [3.8, 4) is 5.75 Å². The third-order valence-corrected chi connectivity index (χ3v) is 4.01. The minimum atomic E-state index is -0.781. The lowest BCUT2D eigenvalue weighted by Gasteiger charge is -2.39. The topological polar surface area (TPSA) is 69.8 Å². The number of nitrogens with two attached hydrogens (primary N) is 1. The molecule has 1 unspecified atom stereocenters. The number of carbonyl (C=O) groups excluding carboxylic acids is 1. The molecule has 20 heavy (non-hydrogen) atoms. The number of benzene rings is 1. The minimum absolute atomic E-state index is 0.0110. The Morgan fingerprint density at radius 1 is 1.30 bits per heavy atom. The van der Waals surface area contributed by atoms with Gasteiger partial charge in [0, 0.05) is 26.2 Å². The van der Waals surface area contributed by atoms with Gasteiger partial charge in [0.2, 0.25) is 5.91 Å². The van der Waals surface area contributed by atoms with Crippen LogP contribution in [0.25, 0.3) is 0 Å². The van der Waals surface area contributed by atoms with Crippen LogP contribution < -0.4 is 10.6 Å². The summed E-state index contributed by atoms with van der Waals surface area (Å²) in [6.45, 7) is 6.41. The number of amides is 1. The maximum absolute atomic E-state index is 12.3. The molecule has 1 aliphatic rings. The van der Waals surface area contributed by atoms with E-state index in [1.165, 1.54) is 0 Å². The molecule has 1 aromatic carbocycles. The number of hydrogen-bond donors (Lipinski definition) is 2. The Bertz CT molecular complexity index is 480. The fraction of sp³-hybridized carbons (Fsp3) is 0.533. The van der Waals surface area contributed by atoms with Gasteiger partial charge in [-0.1, -0.05) is 19.1 Å². The van der Waals surface area contributed by atoms with E-state index in [0.29, 0.717) is 32.6 Å². The largest absolute Gasteiger partial charge is 0.506 e. The van der Waals surface area contributed by atoms with E-state index in [1.807, 2.05) is 24.0 Å². The molecule has 0 aromatic heterocycles. The molecule has 5 heteroatoms. The van der Waals surface area contributed by atoms with Crippen molar-refractivity contribution in [2.45, 2.75) is 25.8 Å². The van der Waals surface area contributed by atoms with Gasteiger partial charge in [0.1, 0.15) is 5.75 Å². The molecule has 110 valence electrons. The van der Waals surface area contributed by atoms with Crippen LogP contribution in [0, 0.1) is 0 Å². The fourth-order valence-electron chi connectivity index (χ4n) is 2.39. The molecular weight excluding hydrogens is 254 g/mol. The van der Waals surface area contributed by atoms with Gasteiger partial charge >= 0.3 is 0 Å². The van der Waals surface area contributed by atoms with Gasteiger partial charge in [0.05, 0.1) is 11.2 Å². The van der Waals surface area contributed by atoms with Crippen molar-refractivity contribution >= 4 is 11.6 Å². The summed E-state index contributed by atoms with van der Waals surface area (Å²) in [6, 6.07) is 7.28. The number of piperazine rings is 1. The summed E-state index contributed by atoms with van der Waals surface area (Å²) < 4.78 is 0.